The Morgan fingerprint density at radius 1 is 1.44 bits per heavy atom. The van der Waals surface area contributed by atoms with E-state index in [1.807, 2.05) is 32.3 Å². The minimum absolute atomic E-state index is 0.234. The third-order valence-electron chi connectivity index (χ3n) is 3.21. The van der Waals surface area contributed by atoms with Crippen molar-refractivity contribution in [1.82, 2.24) is 9.47 Å². The lowest BCUT2D eigenvalue weighted by Gasteiger charge is -2.23. The van der Waals surface area contributed by atoms with Gasteiger partial charge >= 0.3 is 5.76 Å². The maximum atomic E-state index is 11.4. The van der Waals surface area contributed by atoms with Crippen LogP contribution in [0.3, 0.4) is 0 Å². The Morgan fingerprint density at radius 3 is 2.78 bits per heavy atom. The molecule has 18 heavy (non-hydrogen) atoms. The molecule has 0 aliphatic carbocycles. The van der Waals surface area contributed by atoms with E-state index in [1.165, 1.54) is 4.57 Å². The summed E-state index contributed by atoms with van der Waals surface area (Å²) in [7, 11) is 5.74. The van der Waals surface area contributed by atoms with Gasteiger partial charge in [-0.15, -0.1) is 11.6 Å². The van der Waals surface area contributed by atoms with Crippen molar-refractivity contribution in [3.8, 4) is 0 Å². The van der Waals surface area contributed by atoms with Gasteiger partial charge in [0.05, 0.1) is 5.52 Å². The lowest BCUT2D eigenvalue weighted by atomic mass is 10.0. The van der Waals surface area contributed by atoms with Crippen LogP contribution in [0.15, 0.2) is 27.4 Å². The van der Waals surface area contributed by atoms with Crippen molar-refractivity contribution < 1.29 is 4.42 Å². The summed E-state index contributed by atoms with van der Waals surface area (Å²) in [5, 5.41) is 0. The standard InChI is InChI=1S/C13H17ClN2O2/c1-15(2)10(6-7-14)9-4-5-11-12(8-9)18-13(17)16(11)3/h4-5,8,10H,6-7H2,1-3H3. The predicted molar refractivity (Wildman–Crippen MR) is 73.2 cm³/mol. The lowest BCUT2D eigenvalue weighted by Crippen LogP contribution is -2.20. The van der Waals surface area contributed by atoms with Gasteiger partial charge in [-0.1, -0.05) is 6.07 Å². The minimum atomic E-state index is -0.333. The molecular formula is C13H17ClN2O2. The zero-order chi connectivity index (χ0) is 13.3. The molecule has 1 heterocycles. The molecule has 1 aromatic heterocycles. The Hall–Kier alpha value is -1.26. The summed E-state index contributed by atoms with van der Waals surface area (Å²) in [5.74, 6) is 0.264. The van der Waals surface area contributed by atoms with E-state index in [0.29, 0.717) is 11.5 Å². The number of benzene rings is 1. The van der Waals surface area contributed by atoms with Crippen LogP contribution in [-0.2, 0) is 7.05 Å². The molecular weight excluding hydrogens is 252 g/mol. The number of rotatable bonds is 4. The number of nitrogens with zero attached hydrogens (tertiary/aromatic N) is 2. The molecule has 0 radical (unpaired) electrons. The van der Waals surface area contributed by atoms with E-state index in [9.17, 15) is 4.79 Å². The summed E-state index contributed by atoms with van der Waals surface area (Å²) in [6.07, 6.45) is 0.858. The molecule has 2 rings (SSSR count). The van der Waals surface area contributed by atoms with Gasteiger partial charge in [-0.05, 0) is 38.2 Å². The van der Waals surface area contributed by atoms with Crippen molar-refractivity contribution in [2.24, 2.45) is 7.05 Å². The molecule has 1 unspecified atom stereocenters. The highest BCUT2D eigenvalue weighted by Crippen LogP contribution is 2.25. The first-order chi connectivity index (χ1) is 8.54. The predicted octanol–water partition coefficient (Wildman–Crippen LogP) is 2.36. The highest BCUT2D eigenvalue weighted by molar-refractivity contribution is 6.17. The van der Waals surface area contributed by atoms with Crippen LogP contribution in [0.4, 0.5) is 0 Å². The normalized spacial score (nSPS) is 13.4. The van der Waals surface area contributed by atoms with Crippen molar-refractivity contribution >= 4 is 22.7 Å². The van der Waals surface area contributed by atoms with Crippen molar-refractivity contribution in [3.05, 3.63) is 34.3 Å². The molecule has 0 saturated carbocycles. The van der Waals surface area contributed by atoms with Crippen LogP contribution in [0, 0.1) is 0 Å². The average Bonchev–Trinajstić information content (AvgIpc) is 2.61. The van der Waals surface area contributed by atoms with E-state index in [4.69, 9.17) is 16.0 Å². The summed E-state index contributed by atoms with van der Waals surface area (Å²) in [4.78, 5) is 13.6. The number of hydrogen-bond donors (Lipinski definition) is 0. The zero-order valence-corrected chi connectivity index (χ0v) is 11.6. The fourth-order valence-corrected chi connectivity index (χ4v) is 2.39. The van der Waals surface area contributed by atoms with Crippen LogP contribution in [-0.4, -0.2) is 29.4 Å². The lowest BCUT2D eigenvalue weighted by molar-refractivity contribution is 0.293. The van der Waals surface area contributed by atoms with E-state index < -0.39 is 0 Å². The van der Waals surface area contributed by atoms with Crippen molar-refractivity contribution in [2.45, 2.75) is 12.5 Å². The smallest absolute Gasteiger partial charge is 0.408 e. The van der Waals surface area contributed by atoms with Crippen LogP contribution in [0.5, 0.6) is 0 Å². The number of oxazole rings is 1. The van der Waals surface area contributed by atoms with Crippen molar-refractivity contribution in [3.63, 3.8) is 0 Å². The molecule has 2 aromatic rings. The molecule has 0 aliphatic heterocycles. The van der Waals surface area contributed by atoms with Crippen LogP contribution in [0.25, 0.3) is 11.1 Å². The molecule has 1 aromatic carbocycles. The molecule has 5 heteroatoms. The summed E-state index contributed by atoms with van der Waals surface area (Å²) in [5.41, 5.74) is 2.55. The van der Waals surface area contributed by atoms with Crippen LogP contribution in [0.1, 0.15) is 18.0 Å². The Labute approximate surface area is 111 Å². The Morgan fingerprint density at radius 2 is 2.17 bits per heavy atom. The SMILES string of the molecule is CN(C)C(CCCl)c1ccc2c(c1)oc(=O)n2C. The topological polar surface area (TPSA) is 38.4 Å². The first-order valence-corrected chi connectivity index (χ1v) is 6.40. The maximum absolute atomic E-state index is 11.4. The van der Waals surface area contributed by atoms with Gasteiger partial charge in [0, 0.05) is 19.0 Å². The van der Waals surface area contributed by atoms with Gasteiger partial charge in [-0.3, -0.25) is 4.57 Å². The summed E-state index contributed by atoms with van der Waals surface area (Å²) in [6, 6.07) is 6.10. The maximum Gasteiger partial charge on any atom is 0.419 e. The van der Waals surface area contributed by atoms with E-state index in [-0.39, 0.29) is 11.8 Å². The number of aromatic nitrogens is 1. The van der Waals surface area contributed by atoms with Crippen LogP contribution < -0.4 is 5.76 Å². The van der Waals surface area contributed by atoms with Crippen LogP contribution in [0.2, 0.25) is 0 Å². The third-order valence-corrected chi connectivity index (χ3v) is 3.43. The fourth-order valence-electron chi connectivity index (χ4n) is 2.18. The number of fused-ring (bicyclic) bond motifs is 1. The average molecular weight is 269 g/mol. The number of halogens is 1. The quantitative estimate of drug-likeness (QED) is 0.799. The largest absolute Gasteiger partial charge is 0.419 e. The van der Waals surface area contributed by atoms with Crippen molar-refractivity contribution in [2.75, 3.05) is 20.0 Å². The van der Waals surface area contributed by atoms with E-state index in [1.54, 1.807) is 7.05 Å². The second kappa shape index (κ2) is 5.16. The summed E-state index contributed by atoms with van der Waals surface area (Å²) < 4.78 is 6.71. The number of alkyl halides is 1. The Balaban J connectivity index is 2.48. The fraction of sp³-hybridized carbons (Fsp3) is 0.462. The monoisotopic (exact) mass is 268 g/mol. The van der Waals surface area contributed by atoms with E-state index in [0.717, 1.165) is 17.5 Å². The summed E-state index contributed by atoms with van der Waals surface area (Å²) >= 11 is 5.83. The highest BCUT2D eigenvalue weighted by Gasteiger charge is 2.15. The first-order valence-electron chi connectivity index (χ1n) is 5.86. The van der Waals surface area contributed by atoms with Crippen LogP contribution >= 0.6 is 11.6 Å². The molecule has 0 amide bonds. The van der Waals surface area contributed by atoms with Gasteiger partial charge in [0.15, 0.2) is 5.58 Å². The molecule has 0 aliphatic rings. The van der Waals surface area contributed by atoms with E-state index >= 15 is 0 Å². The molecule has 0 fully saturated rings. The van der Waals surface area contributed by atoms with Gasteiger partial charge in [-0.25, -0.2) is 4.79 Å². The molecule has 0 saturated heterocycles. The second-order valence-corrected chi connectivity index (χ2v) is 4.99. The number of aryl methyl sites for hydroxylation is 1. The molecule has 0 bridgehead atoms. The molecule has 0 N–H and O–H groups in total. The summed E-state index contributed by atoms with van der Waals surface area (Å²) in [6.45, 7) is 0. The van der Waals surface area contributed by atoms with Gasteiger partial charge in [0.25, 0.3) is 0 Å². The second-order valence-electron chi connectivity index (χ2n) is 4.61. The Bertz CT molecular complexity index is 601. The van der Waals surface area contributed by atoms with Gasteiger partial charge in [-0.2, -0.15) is 0 Å². The molecule has 98 valence electrons. The minimum Gasteiger partial charge on any atom is -0.408 e. The highest BCUT2D eigenvalue weighted by atomic mass is 35.5. The van der Waals surface area contributed by atoms with E-state index in [2.05, 4.69) is 4.90 Å². The molecule has 4 nitrogen and oxygen atoms in total. The van der Waals surface area contributed by atoms with Crippen molar-refractivity contribution in [1.29, 1.82) is 0 Å². The van der Waals surface area contributed by atoms with Gasteiger partial charge < -0.3 is 9.32 Å². The molecule has 0 spiro atoms. The Kier molecular flexibility index (Phi) is 3.78. The first kappa shape index (κ1) is 13.2. The third kappa shape index (κ3) is 2.31. The molecule has 1 atom stereocenters. The van der Waals surface area contributed by atoms with Gasteiger partial charge in [0.1, 0.15) is 0 Å². The van der Waals surface area contributed by atoms with Gasteiger partial charge in [0.2, 0.25) is 0 Å². The zero-order valence-electron chi connectivity index (χ0n) is 10.8. The number of hydrogen-bond acceptors (Lipinski definition) is 3.